The first-order valence-corrected chi connectivity index (χ1v) is 11.0. The topological polar surface area (TPSA) is 78.4 Å². The van der Waals surface area contributed by atoms with Crippen LogP contribution in [-0.2, 0) is 0 Å². The van der Waals surface area contributed by atoms with Crippen LogP contribution in [0.25, 0.3) is 22.3 Å². The Balaban J connectivity index is 0.00000193. The van der Waals surface area contributed by atoms with Gasteiger partial charge in [0.2, 0.25) is 0 Å². The van der Waals surface area contributed by atoms with Crippen molar-refractivity contribution in [3.05, 3.63) is 46.1 Å². The van der Waals surface area contributed by atoms with E-state index in [9.17, 15) is 9.90 Å². The average molecular weight is 532 g/mol. The molecule has 33 heavy (non-hydrogen) atoms. The van der Waals surface area contributed by atoms with Crippen molar-refractivity contribution in [3.8, 4) is 17.0 Å². The maximum Gasteiger partial charge on any atom is 0.153 e. The molecular weight excluding hydrogens is 506 g/mol. The number of pyridine rings is 2. The number of anilines is 1. The summed E-state index contributed by atoms with van der Waals surface area (Å²) >= 11 is 12.2. The van der Waals surface area contributed by atoms with E-state index in [1.807, 2.05) is 12.1 Å². The predicted molar refractivity (Wildman–Crippen MR) is 140 cm³/mol. The molecule has 1 aromatic carbocycles. The molecule has 1 fully saturated rings. The lowest BCUT2D eigenvalue weighted by Gasteiger charge is -2.33. The molecule has 2 heterocycles. The monoisotopic (exact) mass is 530 g/mol. The second kappa shape index (κ2) is 11.5. The quantitative estimate of drug-likeness (QED) is 0.379. The van der Waals surface area contributed by atoms with Gasteiger partial charge in [-0.2, -0.15) is 0 Å². The van der Waals surface area contributed by atoms with Crippen LogP contribution in [0.2, 0.25) is 10.0 Å². The van der Waals surface area contributed by atoms with Crippen LogP contribution in [0.5, 0.6) is 5.75 Å². The minimum absolute atomic E-state index is 0. The van der Waals surface area contributed by atoms with Crippen LogP contribution in [0.1, 0.15) is 36.0 Å². The highest BCUT2D eigenvalue weighted by Crippen LogP contribution is 2.37. The summed E-state index contributed by atoms with van der Waals surface area (Å²) in [4.78, 5) is 23.2. The van der Waals surface area contributed by atoms with E-state index in [0.717, 1.165) is 32.0 Å². The number of aromatic hydroxyl groups is 1. The molecule has 178 valence electrons. The lowest BCUT2D eigenvalue weighted by atomic mass is 9.90. The van der Waals surface area contributed by atoms with Gasteiger partial charge in [-0.05, 0) is 64.0 Å². The molecule has 1 aliphatic rings. The van der Waals surface area contributed by atoms with Gasteiger partial charge >= 0.3 is 0 Å². The number of halogens is 4. The van der Waals surface area contributed by atoms with Crippen LogP contribution in [0.3, 0.4) is 0 Å². The molecule has 0 bridgehead atoms. The number of nitrogens with zero attached hydrogens (tertiary/aromatic N) is 3. The molecule has 0 spiro atoms. The Labute approximate surface area is 215 Å². The van der Waals surface area contributed by atoms with Crippen molar-refractivity contribution in [1.29, 1.82) is 0 Å². The number of carbonyl (C=O) groups is 1. The Morgan fingerprint density at radius 2 is 1.73 bits per heavy atom. The number of hydrogen-bond acceptors (Lipinski definition) is 6. The molecule has 4 rings (SSSR count). The van der Waals surface area contributed by atoms with Crippen molar-refractivity contribution in [3.63, 3.8) is 0 Å². The van der Waals surface area contributed by atoms with E-state index in [-0.39, 0.29) is 46.7 Å². The average Bonchev–Trinajstić information content (AvgIpc) is 2.77. The maximum absolute atomic E-state index is 11.8. The number of carbonyl (C=O) groups excluding carboxylic acids is 1. The normalized spacial score (nSPS) is 17.8. The van der Waals surface area contributed by atoms with Crippen LogP contribution < -0.4 is 5.32 Å². The minimum atomic E-state index is -0.159. The first kappa shape index (κ1) is 27.4. The molecule has 3 aromatic rings. The van der Waals surface area contributed by atoms with Crippen molar-refractivity contribution < 1.29 is 9.90 Å². The molecule has 0 aliphatic heterocycles. The minimum Gasteiger partial charge on any atom is -0.505 e. The summed E-state index contributed by atoms with van der Waals surface area (Å²) in [6.07, 6.45) is 6.64. The van der Waals surface area contributed by atoms with E-state index >= 15 is 0 Å². The summed E-state index contributed by atoms with van der Waals surface area (Å²) in [7, 11) is 4.24. The Kier molecular flexibility index (Phi) is 9.58. The Morgan fingerprint density at radius 3 is 2.30 bits per heavy atom. The van der Waals surface area contributed by atoms with E-state index < -0.39 is 0 Å². The molecule has 0 radical (unpaired) electrons. The van der Waals surface area contributed by atoms with Crippen LogP contribution >= 0.6 is 48.0 Å². The molecule has 2 aromatic heterocycles. The van der Waals surface area contributed by atoms with Crippen molar-refractivity contribution in [1.82, 2.24) is 14.9 Å². The Hall–Kier alpha value is -1.83. The van der Waals surface area contributed by atoms with Crippen LogP contribution in [0.15, 0.2) is 30.5 Å². The SMILES string of the molecule is CN(C)C1CCC(Nc2c(C=O)cnc3ccc(-c4cc(Cl)c(O)c(Cl)c4)nc23)CC1.Cl.Cl. The highest BCUT2D eigenvalue weighted by atomic mass is 35.5. The van der Waals surface area contributed by atoms with Gasteiger partial charge < -0.3 is 15.3 Å². The lowest BCUT2D eigenvalue weighted by Crippen LogP contribution is -2.36. The second-order valence-electron chi connectivity index (χ2n) is 8.17. The molecule has 0 atom stereocenters. The van der Waals surface area contributed by atoms with Crippen molar-refractivity contribution in [2.24, 2.45) is 0 Å². The molecular formula is C23H26Cl4N4O2. The van der Waals surface area contributed by atoms with Gasteiger partial charge in [-0.25, -0.2) is 4.98 Å². The van der Waals surface area contributed by atoms with E-state index in [0.29, 0.717) is 39.6 Å². The van der Waals surface area contributed by atoms with Crippen LogP contribution in [0, 0.1) is 0 Å². The molecule has 6 nitrogen and oxygen atoms in total. The van der Waals surface area contributed by atoms with Gasteiger partial charge in [-0.3, -0.25) is 9.78 Å². The largest absolute Gasteiger partial charge is 0.505 e. The first-order valence-electron chi connectivity index (χ1n) is 10.2. The third kappa shape index (κ3) is 5.81. The molecule has 1 saturated carbocycles. The van der Waals surface area contributed by atoms with Crippen LogP contribution in [-0.4, -0.2) is 52.4 Å². The molecule has 0 saturated heterocycles. The Bertz CT molecular complexity index is 1110. The molecule has 0 amide bonds. The predicted octanol–water partition coefficient (Wildman–Crippen LogP) is 6.25. The summed E-state index contributed by atoms with van der Waals surface area (Å²) in [5.74, 6) is -0.159. The standard InChI is InChI=1S/C23H24Cl2N4O2.2ClH/c1-29(2)16-5-3-15(4-6-16)27-21-14(12-30)11-26-20-8-7-19(28-22(20)21)13-9-17(24)23(31)18(25)10-13;;/h7-12,15-16,31H,3-6H2,1-2H3,(H,26,27);2*1H. The summed E-state index contributed by atoms with van der Waals surface area (Å²) in [5, 5.41) is 13.7. The number of phenolic OH excluding ortho intramolecular Hbond substituents is 1. The van der Waals surface area contributed by atoms with Gasteiger partial charge in [0.15, 0.2) is 12.0 Å². The first-order chi connectivity index (χ1) is 14.9. The molecule has 2 N–H and O–H groups in total. The Morgan fingerprint density at radius 1 is 1.09 bits per heavy atom. The number of fused-ring (bicyclic) bond motifs is 1. The number of rotatable bonds is 5. The zero-order chi connectivity index (χ0) is 22.1. The lowest BCUT2D eigenvalue weighted by molar-refractivity contribution is 0.112. The third-order valence-corrected chi connectivity index (χ3v) is 6.53. The number of benzene rings is 1. The van der Waals surface area contributed by atoms with Gasteiger partial charge in [-0.15, -0.1) is 24.8 Å². The molecule has 0 unspecified atom stereocenters. The van der Waals surface area contributed by atoms with E-state index in [4.69, 9.17) is 28.2 Å². The van der Waals surface area contributed by atoms with Crippen molar-refractivity contribution in [2.75, 3.05) is 19.4 Å². The fourth-order valence-corrected chi connectivity index (χ4v) is 4.62. The smallest absolute Gasteiger partial charge is 0.153 e. The van der Waals surface area contributed by atoms with Gasteiger partial charge in [0.1, 0.15) is 5.52 Å². The zero-order valence-electron chi connectivity index (χ0n) is 18.2. The summed E-state index contributed by atoms with van der Waals surface area (Å²) in [6, 6.07) is 7.76. The number of phenols is 1. The van der Waals surface area contributed by atoms with Gasteiger partial charge in [0.25, 0.3) is 0 Å². The summed E-state index contributed by atoms with van der Waals surface area (Å²) in [5.41, 5.74) is 3.79. The zero-order valence-corrected chi connectivity index (χ0v) is 21.4. The van der Waals surface area contributed by atoms with E-state index in [1.54, 1.807) is 18.3 Å². The van der Waals surface area contributed by atoms with Gasteiger partial charge in [0, 0.05) is 23.8 Å². The molecule has 10 heteroatoms. The maximum atomic E-state index is 11.8. The number of aromatic nitrogens is 2. The van der Waals surface area contributed by atoms with Crippen LogP contribution in [0.4, 0.5) is 5.69 Å². The molecule has 1 aliphatic carbocycles. The number of hydrogen-bond donors (Lipinski definition) is 2. The van der Waals surface area contributed by atoms with Crippen molar-refractivity contribution >= 4 is 71.0 Å². The summed E-state index contributed by atoms with van der Waals surface area (Å²) in [6.45, 7) is 0. The van der Waals surface area contributed by atoms with E-state index in [1.165, 1.54) is 0 Å². The number of aldehydes is 1. The van der Waals surface area contributed by atoms with Gasteiger partial charge in [-0.1, -0.05) is 23.2 Å². The summed E-state index contributed by atoms with van der Waals surface area (Å²) < 4.78 is 0. The fraction of sp³-hybridized carbons (Fsp3) is 0.348. The fourth-order valence-electron chi connectivity index (χ4n) is 4.14. The highest BCUT2D eigenvalue weighted by molar-refractivity contribution is 6.37. The third-order valence-electron chi connectivity index (χ3n) is 5.96. The second-order valence-corrected chi connectivity index (χ2v) is 8.99. The number of nitrogens with one attached hydrogen (secondary N) is 1. The highest BCUT2D eigenvalue weighted by Gasteiger charge is 2.24. The van der Waals surface area contributed by atoms with E-state index in [2.05, 4.69) is 29.3 Å². The van der Waals surface area contributed by atoms with Gasteiger partial charge in [0.05, 0.1) is 32.5 Å². The van der Waals surface area contributed by atoms with Crippen molar-refractivity contribution in [2.45, 2.75) is 37.8 Å².